The van der Waals surface area contributed by atoms with E-state index in [9.17, 15) is 32.3 Å². The second kappa shape index (κ2) is 10.4. The van der Waals surface area contributed by atoms with Crippen LogP contribution in [0.25, 0.3) is 0 Å². The summed E-state index contributed by atoms with van der Waals surface area (Å²) in [5, 5.41) is 17.6. The molecule has 0 bridgehead atoms. The number of aliphatic hydroxyl groups is 1. The van der Waals surface area contributed by atoms with Crippen LogP contribution < -0.4 is 10.2 Å². The van der Waals surface area contributed by atoms with E-state index in [0.717, 1.165) is 18.2 Å². The Kier molecular flexibility index (Phi) is 7.57. The van der Waals surface area contributed by atoms with Crippen molar-refractivity contribution in [2.24, 2.45) is 0 Å². The molecule has 0 unspecified atom stereocenters. The predicted octanol–water partition coefficient (Wildman–Crippen LogP) is 4.81. The third-order valence-corrected chi connectivity index (χ3v) is 6.80. The van der Waals surface area contributed by atoms with Crippen LogP contribution in [0.5, 0.6) is 0 Å². The number of halogens is 4. The molecule has 1 aliphatic rings. The Balaban J connectivity index is 1.82. The summed E-state index contributed by atoms with van der Waals surface area (Å²) in [6, 6.07) is 8.27. The number of carbonyl (C=O) groups excluding carboxylic acids is 2. The fraction of sp³-hybridized carbons (Fsp3) is 0.393. The smallest absolute Gasteiger partial charge is 0.390 e. The van der Waals surface area contributed by atoms with Gasteiger partial charge in [0.05, 0.1) is 16.9 Å². The zero-order valence-electron chi connectivity index (χ0n) is 22.0. The minimum absolute atomic E-state index is 0.228. The summed E-state index contributed by atoms with van der Waals surface area (Å²) in [6.45, 7) is 7.38. The minimum Gasteiger partial charge on any atom is -0.390 e. The molecule has 11 heteroatoms. The van der Waals surface area contributed by atoms with Crippen LogP contribution in [0.4, 0.5) is 23.4 Å². The Morgan fingerprint density at radius 1 is 1.13 bits per heavy atom. The maximum atomic E-state index is 13.9. The summed E-state index contributed by atoms with van der Waals surface area (Å²) < 4.78 is 55.3. The Morgan fingerprint density at radius 2 is 1.79 bits per heavy atom. The van der Waals surface area contributed by atoms with E-state index in [1.807, 2.05) is 0 Å². The molecule has 3 aromatic rings. The van der Waals surface area contributed by atoms with Gasteiger partial charge in [0, 0.05) is 30.1 Å². The average molecular weight is 547 g/mol. The Hall–Kier alpha value is -3.73. The van der Waals surface area contributed by atoms with Gasteiger partial charge in [-0.25, -0.2) is 9.07 Å². The number of likely N-dealkylation sites (N-methyl/N-ethyl adjacent to an activating group) is 1. The second-order valence-electron chi connectivity index (χ2n) is 10.2. The molecular weight excluding hydrogens is 516 g/mol. The fourth-order valence-electron chi connectivity index (χ4n) is 4.89. The highest BCUT2D eigenvalue weighted by molar-refractivity contribution is 6.05. The molecule has 2 amide bonds. The van der Waals surface area contributed by atoms with Crippen LogP contribution in [0, 0.1) is 12.7 Å². The minimum atomic E-state index is -4.64. The first-order valence-electron chi connectivity index (χ1n) is 12.6. The van der Waals surface area contributed by atoms with Crippen molar-refractivity contribution in [2.75, 3.05) is 11.4 Å². The molecule has 0 spiro atoms. The van der Waals surface area contributed by atoms with Crippen molar-refractivity contribution >= 4 is 17.6 Å². The number of nitrogens with zero attached hydrogens (tertiary/aromatic N) is 3. The van der Waals surface area contributed by atoms with E-state index in [1.165, 1.54) is 35.2 Å². The second-order valence-corrected chi connectivity index (χ2v) is 10.2. The molecule has 0 saturated heterocycles. The monoisotopic (exact) mass is 546 g/mol. The highest BCUT2D eigenvalue weighted by Gasteiger charge is 2.45. The molecule has 2 atom stereocenters. The Morgan fingerprint density at radius 3 is 2.38 bits per heavy atom. The highest BCUT2D eigenvalue weighted by Crippen LogP contribution is 2.42. The van der Waals surface area contributed by atoms with Crippen LogP contribution in [0.2, 0.25) is 0 Å². The molecule has 7 nitrogen and oxygen atoms in total. The van der Waals surface area contributed by atoms with Crippen LogP contribution in [-0.2, 0) is 17.5 Å². The van der Waals surface area contributed by atoms with E-state index >= 15 is 0 Å². The molecule has 0 radical (unpaired) electrons. The molecular formula is C28H30F4N4O3. The van der Waals surface area contributed by atoms with E-state index in [-0.39, 0.29) is 12.1 Å². The lowest BCUT2D eigenvalue weighted by Gasteiger charge is -2.38. The molecule has 208 valence electrons. The zero-order chi connectivity index (χ0) is 28.7. The topological polar surface area (TPSA) is 87.5 Å². The highest BCUT2D eigenvalue weighted by atomic mass is 19.4. The normalized spacial score (nSPS) is 17.8. The lowest BCUT2D eigenvalue weighted by Crippen LogP contribution is -2.55. The van der Waals surface area contributed by atoms with Crippen LogP contribution in [0.1, 0.15) is 65.9 Å². The molecule has 39 heavy (non-hydrogen) atoms. The van der Waals surface area contributed by atoms with Crippen LogP contribution in [0.15, 0.2) is 48.5 Å². The maximum absolute atomic E-state index is 13.9. The summed E-state index contributed by atoms with van der Waals surface area (Å²) in [5.41, 5.74) is -0.488. The van der Waals surface area contributed by atoms with Gasteiger partial charge in [-0.3, -0.25) is 14.5 Å². The van der Waals surface area contributed by atoms with Gasteiger partial charge in [-0.15, -0.1) is 0 Å². The summed E-state index contributed by atoms with van der Waals surface area (Å²) >= 11 is 0. The largest absolute Gasteiger partial charge is 0.416 e. The quantitative estimate of drug-likeness (QED) is 0.417. The molecule has 0 aliphatic carbocycles. The van der Waals surface area contributed by atoms with Gasteiger partial charge in [0.15, 0.2) is 0 Å². The van der Waals surface area contributed by atoms with Crippen molar-refractivity contribution in [2.45, 2.75) is 64.4 Å². The number of carbonyl (C=O) groups is 2. The number of benzene rings is 2. The molecule has 2 heterocycles. The standard InChI is InChI=1S/C28H30F4N4O3/c1-5-35-25-21(16(2)34-36(25)14-13-27(3,4)39)22(17-9-11-20(29)12-10-17)23(26(35)38)33-24(37)18-7-6-8-19(15-18)28(30,31)32/h6-12,15,22-23,39H,5,13-14H2,1-4H3,(H,33,37)/t22-,23-/m0/s1. The number of alkyl halides is 3. The first-order valence-corrected chi connectivity index (χ1v) is 12.6. The number of fused-ring (bicyclic) bond motifs is 1. The van der Waals surface area contributed by atoms with E-state index in [1.54, 1.807) is 32.4 Å². The van der Waals surface area contributed by atoms with Gasteiger partial charge in [0.25, 0.3) is 11.8 Å². The lowest BCUT2D eigenvalue weighted by atomic mass is 9.81. The first-order chi connectivity index (χ1) is 18.2. The van der Waals surface area contributed by atoms with E-state index in [0.29, 0.717) is 35.6 Å². The summed E-state index contributed by atoms with van der Waals surface area (Å²) in [6.07, 6.45) is -4.29. The van der Waals surface area contributed by atoms with Gasteiger partial charge in [0.2, 0.25) is 0 Å². The van der Waals surface area contributed by atoms with Crippen LogP contribution >= 0.6 is 0 Å². The SMILES string of the molecule is CCN1C(=O)[C@@H](NC(=O)c2cccc(C(F)(F)F)c2)[C@@H](c2ccc(F)cc2)c2c(C)nn(CCC(C)(C)O)c21. The maximum Gasteiger partial charge on any atom is 0.416 e. The number of hydrogen-bond acceptors (Lipinski definition) is 4. The predicted molar refractivity (Wildman–Crippen MR) is 137 cm³/mol. The van der Waals surface area contributed by atoms with E-state index < -0.39 is 46.9 Å². The third kappa shape index (κ3) is 5.83. The van der Waals surface area contributed by atoms with Crippen molar-refractivity contribution in [3.63, 3.8) is 0 Å². The number of amides is 2. The van der Waals surface area contributed by atoms with Gasteiger partial charge >= 0.3 is 6.18 Å². The van der Waals surface area contributed by atoms with Gasteiger partial charge in [-0.1, -0.05) is 18.2 Å². The average Bonchev–Trinajstić information content (AvgIpc) is 3.18. The molecule has 4 rings (SSSR count). The van der Waals surface area contributed by atoms with Crippen molar-refractivity contribution in [1.82, 2.24) is 15.1 Å². The summed E-state index contributed by atoms with van der Waals surface area (Å²) in [4.78, 5) is 28.6. The van der Waals surface area contributed by atoms with Gasteiger partial charge < -0.3 is 10.4 Å². The fourth-order valence-corrected chi connectivity index (χ4v) is 4.89. The van der Waals surface area contributed by atoms with E-state index in [4.69, 9.17) is 0 Å². The van der Waals surface area contributed by atoms with Crippen molar-refractivity contribution in [3.05, 3.63) is 82.3 Å². The third-order valence-electron chi connectivity index (χ3n) is 6.80. The number of aromatic nitrogens is 2. The van der Waals surface area contributed by atoms with Gasteiger partial charge in [-0.05, 0) is 70.0 Å². The number of anilines is 1. The molecule has 0 fully saturated rings. The molecule has 0 saturated carbocycles. The van der Waals surface area contributed by atoms with Crippen molar-refractivity contribution < 1.29 is 32.3 Å². The number of rotatable bonds is 7. The van der Waals surface area contributed by atoms with Crippen LogP contribution in [0.3, 0.4) is 0 Å². The number of hydrogen-bond donors (Lipinski definition) is 2. The number of nitrogens with one attached hydrogen (secondary N) is 1. The van der Waals surface area contributed by atoms with Crippen LogP contribution in [-0.4, -0.2) is 44.9 Å². The summed E-state index contributed by atoms with van der Waals surface area (Å²) in [5.74, 6) is -2.11. The summed E-state index contributed by atoms with van der Waals surface area (Å²) in [7, 11) is 0. The van der Waals surface area contributed by atoms with E-state index in [2.05, 4.69) is 10.4 Å². The van der Waals surface area contributed by atoms with Gasteiger partial charge in [0.1, 0.15) is 17.7 Å². The van der Waals surface area contributed by atoms with Crippen molar-refractivity contribution in [1.29, 1.82) is 0 Å². The first kappa shape index (κ1) is 28.3. The molecule has 1 aromatic heterocycles. The molecule has 1 aliphatic heterocycles. The van der Waals surface area contributed by atoms with Gasteiger partial charge in [-0.2, -0.15) is 18.3 Å². The lowest BCUT2D eigenvalue weighted by molar-refractivity contribution is -0.137. The zero-order valence-corrected chi connectivity index (χ0v) is 22.0. The van der Waals surface area contributed by atoms with Crippen molar-refractivity contribution in [3.8, 4) is 0 Å². The molecule has 2 aromatic carbocycles. The molecule has 2 N–H and O–H groups in total. The number of aryl methyl sites for hydroxylation is 2. The Labute approximate surface area is 223 Å². The Bertz CT molecular complexity index is 1380.